The summed E-state index contributed by atoms with van der Waals surface area (Å²) in [7, 11) is 0. The minimum absolute atomic E-state index is 0.0825. The number of aryl methyl sites for hydroxylation is 1. The number of nitrogens with zero attached hydrogens (tertiary/aromatic N) is 3. The van der Waals surface area contributed by atoms with Crippen molar-refractivity contribution in [1.29, 1.82) is 0 Å². The maximum atomic E-state index is 12.7. The van der Waals surface area contributed by atoms with Gasteiger partial charge in [-0.25, -0.2) is 0 Å². The van der Waals surface area contributed by atoms with Gasteiger partial charge in [0.1, 0.15) is 11.4 Å². The van der Waals surface area contributed by atoms with Gasteiger partial charge in [0.2, 0.25) is 0 Å². The Bertz CT molecular complexity index is 1020. The van der Waals surface area contributed by atoms with Crippen molar-refractivity contribution in [2.24, 2.45) is 0 Å². The highest BCUT2D eigenvalue weighted by Gasteiger charge is 2.33. The van der Waals surface area contributed by atoms with Crippen LogP contribution >= 0.6 is 0 Å². The number of carbonyl (C=O) groups is 1. The van der Waals surface area contributed by atoms with Gasteiger partial charge in [0, 0.05) is 0 Å². The monoisotopic (exact) mass is 390 g/mol. The van der Waals surface area contributed by atoms with E-state index < -0.39 is 5.60 Å². The van der Waals surface area contributed by atoms with Gasteiger partial charge in [-0.15, -0.1) is 10.2 Å². The van der Waals surface area contributed by atoms with Crippen molar-refractivity contribution in [3.8, 4) is 5.69 Å². The van der Waals surface area contributed by atoms with E-state index in [2.05, 4.69) is 39.8 Å². The molecular formula is C23H26N4O2. The number of para-hydroxylation sites is 1. The van der Waals surface area contributed by atoms with Crippen molar-refractivity contribution >= 4 is 5.97 Å². The van der Waals surface area contributed by atoms with Crippen molar-refractivity contribution in [3.63, 3.8) is 0 Å². The second-order valence-electron chi connectivity index (χ2n) is 8.35. The number of rotatable bonds is 3. The van der Waals surface area contributed by atoms with E-state index in [1.165, 1.54) is 0 Å². The normalized spacial score (nSPS) is 18.5. The van der Waals surface area contributed by atoms with Crippen molar-refractivity contribution in [3.05, 3.63) is 77.4 Å². The molecule has 1 aliphatic heterocycles. The largest absolute Gasteiger partial charge is 0.460 e. The molecular weight excluding hydrogens is 364 g/mol. The van der Waals surface area contributed by atoms with Crippen molar-refractivity contribution in [2.45, 2.75) is 51.8 Å². The molecule has 6 nitrogen and oxygen atoms in total. The Morgan fingerprint density at radius 1 is 1.07 bits per heavy atom. The molecule has 0 spiro atoms. The van der Waals surface area contributed by atoms with Crippen LogP contribution in [0.3, 0.4) is 0 Å². The highest BCUT2D eigenvalue weighted by molar-refractivity contribution is 5.71. The summed E-state index contributed by atoms with van der Waals surface area (Å²) >= 11 is 0. The van der Waals surface area contributed by atoms with Crippen LogP contribution in [0.1, 0.15) is 62.1 Å². The first kappa shape index (κ1) is 19.3. The molecule has 0 saturated heterocycles. The minimum atomic E-state index is -0.535. The van der Waals surface area contributed by atoms with Gasteiger partial charge in [0.15, 0.2) is 5.82 Å². The van der Waals surface area contributed by atoms with Crippen molar-refractivity contribution in [1.82, 2.24) is 20.1 Å². The second kappa shape index (κ2) is 7.44. The Morgan fingerprint density at radius 3 is 2.48 bits per heavy atom. The molecule has 0 amide bonds. The molecule has 0 saturated carbocycles. The van der Waals surface area contributed by atoms with Crippen LogP contribution in [0.5, 0.6) is 0 Å². The zero-order valence-electron chi connectivity index (χ0n) is 17.2. The van der Waals surface area contributed by atoms with Gasteiger partial charge >= 0.3 is 5.97 Å². The third-order valence-electron chi connectivity index (χ3n) is 4.94. The van der Waals surface area contributed by atoms with Crippen LogP contribution in [0.25, 0.3) is 5.69 Å². The summed E-state index contributed by atoms with van der Waals surface area (Å²) in [5, 5.41) is 12.4. The molecule has 0 radical (unpaired) electrons. The molecule has 3 aromatic rings. The summed E-state index contributed by atoms with van der Waals surface area (Å²) in [5.74, 6) is 1.25. The first-order valence-electron chi connectivity index (χ1n) is 9.87. The molecule has 0 fully saturated rings. The molecule has 2 atom stereocenters. The van der Waals surface area contributed by atoms with E-state index in [1.807, 2.05) is 62.6 Å². The molecule has 29 heavy (non-hydrogen) atoms. The summed E-state index contributed by atoms with van der Waals surface area (Å²) in [6, 6.07) is 18.1. The molecule has 0 bridgehead atoms. The quantitative estimate of drug-likeness (QED) is 0.684. The van der Waals surface area contributed by atoms with Crippen molar-refractivity contribution < 1.29 is 9.53 Å². The number of hydrogen-bond acceptors (Lipinski definition) is 5. The van der Waals surface area contributed by atoms with E-state index >= 15 is 0 Å². The fourth-order valence-electron chi connectivity index (χ4n) is 3.82. The third kappa shape index (κ3) is 3.93. The van der Waals surface area contributed by atoms with Gasteiger partial charge in [-0.05, 0) is 44.9 Å². The molecule has 4 rings (SSSR count). The molecule has 0 aliphatic carbocycles. The Labute approximate surface area is 170 Å². The van der Waals surface area contributed by atoms with E-state index in [1.54, 1.807) is 0 Å². The molecule has 1 aliphatic rings. The molecule has 2 aromatic carbocycles. The minimum Gasteiger partial charge on any atom is -0.460 e. The SMILES string of the molecule is Cc1nnc2n1-c1ccccc1C(c1ccccc1)N[C@H]2CC(=O)OC(C)(C)C. The number of aromatic nitrogens is 3. The number of nitrogens with one attached hydrogen (secondary N) is 1. The van der Waals surface area contributed by atoms with Crippen LogP contribution in [0.2, 0.25) is 0 Å². The number of hydrogen-bond donors (Lipinski definition) is 1. The summed E-state index contributed by atoms with van der Waals surface area (Å²) in [6.07, 6.45) is 0.173. The standard InChI is InChI=1S/C23H26N4O2/c1-15-25-26-22-18(14-20(28)29-23(2,3)4)24-21(16-10-6-5-7-11-16)17-12-8-9-13-19(17)27(15)22/h5-13,18,21,24H,14H2,1-4H3/t18-,21?/m0/s1. The van der Waals surface area contributed by atoms with Crippen LogP contribution in [-0.2, 0) is 9.53 Å². The fraction of sp³-hybridized carbons (Fsp3) is 0.348. The summed E-state index contributed by atoms with van der Waals surface area (Å²) < 4.78 is 7.63. The van der Waals surface area contributed by atoms with E-state index in [9.17, 15) is 4.79 Å². The molecule has 1 unspecified atom stereocenters. The highest BCUT2D eigenvalue weighted by Crippen LogP contribution is 2.36. The second-order valence-corrected chi connectivity index (χ2v) is 8.35. The van der Waals surface area contributed by atoms with Crippen LogP contribution in [0.15, 0.2) is 54.6 Å². The number of fused-ring (bicyclic) bond motifs is 3. The Kier molecular flexibility index (Phi) is 4.96. The topological polar surface area (TPSA) is 69.0 Å². The average Bonchev–Trinajstić information content (AvgIpc) is 2.99. The van der Waals surface area contributed by atoms with Gasteiger partial charge in [0.05, 0.1) is 24.2 Å². The van der Waals surface area contributed by atoms with Gasteiger partial charge < -0.3 is 4.74 Å². The van der Waals surface area contributed by atoms with E-state index in [4.69, 9.17) is 4.74 Å². The highest BCUT2D eigenvalue weighted by atomic mass is 16.6. The third-order valence-corrected chi connectivity index (χ3v) is 4.94. The molecule has 150 valence electrons. The predicted molar refractivity (Wildman–Crippen MR) is 111 cm³/mol. The fourth-order valence-corrected chi connectivity index (χ4v) is 3.82. The average molecular weight is 390 g/mol. The predicted octanol–water partition coefficient (Wildman–Crippen LogP) is 4.04. The van der Waals surface area contributed by atoms with Gasteiger partial charge in [0.25, 0.3) is 0 Å². The van der Waals surface area contributed by atoms with Crippen LogP contribution < -0.4 is 5.32 Å². The van der Waals surface area contributed by atoms with Crippen LogP contribution in [0, 0.1) is 6.92 Å². The summed E-state index contributed by atoms with van der Waals surface area (Å²) in [5.41, 5.74) is 2.74. The number of carbonyl (C=O) groups excluding carboxylic acids is 1. The lowest BCUT2D eigenvalue weighted by Gasteiger charge is -2.25. The lowest BCUT2D eigenvalue weighted by molar-refractivity contribution is -0.155. The van der Waals surface area contributed by atoms with E-state index in [0.717, 1.165) is 28.5 Å². The summed E-state index contributed by atoms with van der Waals surface area (Å²) in [6.45, 7) is 7.56. The van der Waals surface area contributed by atoms with E-state index in [-0.39, 0.29) is 24.5 Å². The zero-order valence-corrected chi connectivity index (χ0v) is 17.2. The van der Waals surface area contributed by atoms with Gasteiger partial charge in [-0.3, -0.25) is 14.7 Å². The smallest absolute Gasteiger partial charge is 0.308 e. The number of esters is 1. The summed E-state index contributed by atoms with van der Waals surface area (Å²) in [4.78, 5) is 12.7. The van der Waals surface area contributed by atoms with Crippen LogP contribution in [-0.4, -0.2) is 26.3 Å². The van der Waals surface area contributed by atoms with Crippen LogP contribution in [0.4, 0.5) is 0 Å². The number of ether oxygens (including phenoxy) is 1. The molecule has 6 heteroatoms. The molecule has 1 aromatic heterocycles. The molecule has 1 N–H and O–H groups in total. The lowest BCUT2D eigenvalue weighted by atomic mass is 9.96. The van der Waals surface area contributed by atoms with E-state index in [0.29, 0.717) is 0 Å². The first-order chi connectivity index (χ1) is 13.8. The maximum Gasteiger partial charge on any atom is 0.308 e. The zero-order chi connectivity index (χ0) is 20.6. The Balaban J connectivity index is 1.80. The Hall–Kier alpha value is -2.99. The van der Waals surface area contributed by atoms with Gasteiger partial charge in [-0.1, -0.05) is 48.5 Å². The first-order valence-corrected chi connectivity index (χ1v) is 9.87. The Morgan fingerprint density at radius 2 is 1.76 bits per heavy atom. The van der Waals surface area contributed by atoms with Crippen molar-refractivity contribution in [2.75, 3.05) is 0 Å². The van der Waals surface area contributed by atoms with Gasteiger partial charge in [-0.2, -0.15) is 0 Å². The maximum absolute atomic E-state index is 12.7. The molecule has 2 heterocycles. The number of benzene rings is 2. The lowest BCUT2D eigenvalue weighted by Crippen LogP contribution is -2.31.